The Labute approximate surface area is 150 Å². The van der Waals surface area contributed by atoms with Gasteiger partial charge in [0.1, 0.15) is 11.5 Å². The van der Waals surface area contributed by atoms with Crippen molar-refractivity contribution in [3.05, 3.63) is 52.5 Å². The van der Waals surface area contributed by atoms with E-state index in [1.54, 1.807) is 31.2 Å². The molecule has 0 saturated heterocycles. The van der Waals surface area contributed by atoms with Crippen LogP contribution in [0.15, 0.2) is 36.4 Å². The van der Waals surface area contributed by atoms with Crippen LogP contribution in [-0.2, 0) is 4.79 Å². The maximum atomic E-state index is 12.4. The molecule has 3 N–H and O–H groups in total. The molecule has 0 fully saturated rings. The molecule has 0 heterocycles. The number of halogens is 1. The Balaban J connectivity index is 2.07. The van der Waals surface area contributed by atoms with Gasteiger partial charge < -0.3 is 20.5 Å². The fourth-order valence-electron chi connectivity index (χ4n) is 2.12. The average Bonchev–Trinajstić information content (AvgIpc) is 2.58. The Morgan fingerprint density at radius 3 is 2.40 bits per heavy atom. The van der Waals surface area contributed by atoms with Gasteiger partial charge in [-0.05, 0) is 49.7 Å². The van der Waals surface area contributed by atoms with Gasteiger partial charge in [0.15, 0.2) is 6.10 Å². The Hall–Kier alpha value is -2.73. The van der Waals surface area contributed by atoms with Gasteiger partial charge in [0.05, 0.1) is 12.8 Å². The molecule has 0 saturated carbocycles. The van der Waals surface area contributed by atoms with E-state index in [2.05, 4.69) is 5.32 Å². The van der Waals surface area contributed by atoms with Crippen LogP contribution in [0, 0.1) is 6.92 Å². The number of benzene rings is 2. The zero-order chi connectivity index (χ0) is 18.6. The maximum Gasteiger partial charge on any atom is 0.265 e. The van der Waals surface area contributed by atoms with Gasteiger partial charge in [-0.3, -0.25) is 9.59 Å². The minimum atomic E-state index is -0.764. The van der Waals surface area contributed by atoms with Crippen LogP contribution in [0.4, 0.5) is 5.69 Å². The maximum absolute atomic E-state index is 12.4. The number of carbonyl (C=O) groups excluding carboxylic acids is 2. The molecule has 0 bridgehead atoms. The first-order valence-electron chi connectivity index (χ1n) is 7.53. The number of hydrogen-bond acceptors (Lipinski definition) is 4. The van der Waals surface area contributed by atoms with Gasteiger partial charge in [-0.2, -0.15) is 0 Å². The summed E-state index contributed by atoms with van der Waals surface area (Å²) in [5, 5.41) is 3.31. The topological polar surface area (TPSA) is 90.7 Å². The lowest BCUT2D eigenvalue weighted by molar-refractivity contribution is -0.122. The fraction of sp³-hybridized carbons (Fsp3) is 0.222. The molecular formula is C18H19ClN2O4. The van der Waals surface area contributed by atoms with Crippen LogP contribution >= 0.6 is 11.6 Å². The lowest BCUT2D eigenvalue weighted by Crippen LogP contribution is -2.30. The highest BCUT2D eigenvalue weighted by Crippen LogP contribution is 2.31. The molecule has 0 radical (unpaired) electrons. The van der Waals surface area contributed by atoms with Crippen molar-refractivity contribution < 1.29 is 19.1 Å². The van der Waals surface area contributed by atoms with Crippen molar-refractivity contribution in [3.8, 4) is 11.5 Å². The van der Waals surface area contributed by atoms with E-state index < -0.39 is 12.0 Å². The Bertz CT molecular complexity index is 790. The lowest BCUT2D eigenvalue weighted by Gasteiger charge is -2.17. The van der Waals surface area contributed by atoms with E-state index in [0.717, 1.165) is 5.56 Å². The molecule has 0 aliphatic rings. The number of rotatable bonds is 6. The van der Waals surface area contributed by atoms with Gasteiger partial charge >= 0.3 is 0 Å². The number of primary amides is 1. The molecule has 2 rings (SSSR count). The van der Waals surface area contributed by atoms with Crippen LogP contribution in [0.1, 0.15) is 22.8 Å². The minimum absolute atomic E-state index is 0.348. The quantitative estimate of drug-likeness (QED) is 0.825. The summed E-state index contributed by atoms with van der Waals surface area (Å²) >= 11 is 6.06. The van der Waals surface area contributed by atoms with Gasteiger partial charge in [-0.1, -0.05) is 11.6 Å². The third-order valence-corrected chi connectivity index (χ3v) is 3.97. The highest BCUT2D eigenvalue weighted by Gasteiger charge is 2.17. The molecule has 0 unspecified atom stereocenters. The number of carbonyl (C=O) groups is 2. The molecule has 0 aliphatic carbocycles. The van der Waals surface area contributed by atoms with Crippen LogP contribution in [0.2, 0.25) is 5.02 Å². The lowest BCUT2D eigenvalue weighted by atomic mass is 10.2. The third kappa shape index (κ3) is 4.64. The molecule has 25 heavy (non-hydrogen) atoms. The number of methoxy groups -OCH3 is 1. The Kier molecular flexibility index (Phi) is 5.88. The summed E-state index contributed by atoms with van der Waals surface area (Å²) in [6.45, 7) is 3.45. The van der Waals surface area contributed by atoms with Crippen LogP contribution in [0.3, 0.4) is 0 Å². The van der Waals surface area contributed by atoms with E-state index in [-0.39, 0.29) is 5.91 Å². The van der Waals surface area contributed by atoms with E-state index in [4.69, 9.17) is 26.8 Å². The highest BCUT2D eigenvalue weighted by atomic mass is 35.5. The summed E-state index contributed by atoms with van der Waals surface area (Å²) in [7, 11) is 1.50. The van der Waals surface area contributed by atoms with Gasteiger partial charge in [-0.25, -0.2) is 0 Å². The number of hydrogen-bond donors (Lipinski definition) is 2. The van der Waals surface area contributed by atoms with Gasteiger partial charge in [0.2, 0.25) is 5.91 Å². The number of anilines is 1. The second-order valence-corrected chi connectivity index (χ2v) is 5.85. The van der Waals surface area contributed by atoms with Crippen molar-refractivity contribution in [2.75, 3.05) is 12.4 Å². The first-order chi connectivity index (χ1) is 11.8. The monoisotopic (exact) mass is 362 g/mol. The van der Waals surface area contributed by atoms with Gasteiger partial charge in [0, 0.05) is 16.7 Å². The average molecular weight is 363 g/mol. The van der Waals surface area contributed by atoms with Crippen molar-refractivity contribution >= 4 is 29.1 Å². The summed E-state index contributed by atoms with van der Waals surface area (Å²) in [5.41, 5.74) is 6.87. The normalized spacial score (nSPS) is 11.5. The van der Waals surface area contributed by atoms with Crippen LogP contribution in [-0.4, -0.2) is 25.0 Å². The molecule has 1 atom stereocenters. The number of nitrogens with two attached hydrogens (primary N) is 1. The second-order valence-electron chi connectivity index (χ2n) is 5.44. The SMILES string of the molecule is COc1cc(Cl)c(C)cc1NC(=O)[C@@H](C)Oc1ccc(C(N)=O)cc1. The standard InChI is InChI=1S/C18H19ClN2O4/c1-10-8-15(16(24-3)9-14(10)19)21-18(23)11(2)25-13-6-4-12(5-7-13)17(20)22/h4-9,11H,1-3H3,(H2,20,22)(H,21,23)/t11-/m1/s1. The summed E-state index contributed by atoms with van der Waals surface area (Å²) in [4.78, 5) is 23.4. The molecule has 2 amide bonds. The van der Waals surface area contributed by atoms with E-state index in [1.807, 2.05) is 6.92 Å². The predicted molar refractivity (Wildman–Crippen MR) is 96.4 cm³/mol. The summed E-state index contributed by atoms with van der Waals surface area (Å²) in [5.74, 6) is 0.0374. The van der Waals surface area contributed by atoms with Crippen molar-refractivity contribution in [1.82, 2.24) is 0 Å². The summed E-state index contributed by atoms with van der Waals surface area (Å²) < 4.78 is 10.8. The highest BCUT2D eigenvalue weighted by molar-refractivity contribution is 6.31. The first kappa shape index (κ1) is 18.6. The molecular weight excluding hydrogens is 344 g/mol. The molecule has 0 aromatic heterocycles. The number of amides is 2. The fourth-order valence-corrected chi connectivity index (χ4v) is 2.27. The zero-order valence-corrected chi connectivity index (χ0v) is 14.9. The van der Waals surface area contributed by atoms with Gasteiger partial charge in [-0.15, -0.1) is 0 Å². The van der Waals surface area contributed by atoms with Gasteiger partial charge in [0.25, 0.3) is 5.91 Å². The second kappa shape index (κ2) is 7.90. The Morgan fingerprint density at radius 1 is 1.20 bits per heavy atom. The number of ether oxygens (including phenoxy) is 2. The molecule has 2 aromatic rings. The zero-order valence-electron chi connectivity index (χ0n) is 14.1. The van der Waals surface area contributed by atoms with E-state index in [1.165, 1.54) is 19.2 Å². The first-order valence-corrected chi connectivity index (χ1v) is 7.91. The van der Waals surface area contributed by atoms with E-state index in [0.29, 0.717) is 27.8 Å². The minimum Gasteiger partial charge on any atom is -0.495 e. The van der Waals surface area contributed by atoms with Crippen molar-refractivity contribution in [2.24, 2.45) is 5.73 Å². The predicted octanol–water partition coefficient (Wildman–Crippen LogP) is 3.16. The van der Waals surface area contributed by atoms with Crippen LogP contribution in [0.5, 0.6) is 11.5 Å². The number of aryl methyl sites for hydroxylation is 1. The largest absolute Gasteiger partial charge is 0.495 e. The van der Waals surface area contributed by atoms with E-state index >= 15 is 0 Å². The van der Waals surface area contributed by atoms with Crippen molar-refractivity contribution in [2.45, 2.75) is 20.0 Å². The smallest absolute Gasteiger partial charge is 0.265 e. The molecule has 6 nitrogen and oxygen atoms in total. The molecule has 132 valence electrons. The van der Waals surface area contributed by atoms with Crippen molar-refractivity contribution in [3.63, 3.8) is 0 Å². The molecule has 0 aliphatic heterocycles. The summed E-state index contributed by atoms with van der Waals surface area (Å²) in [6.07, 6.45) is -0.764. The van der Waals surface area contributed by atoms with Crippen LogP contribution < -0.4 is 20.5 Å². The Morgan fingerprint density at radius 2 is 1.84 bits per heavy atom. The third-order valence-electron chi connectivity index (χ3n) is 3.56. The summed E-state index contributed by atoms with van der Waals surface area (Å²) in [6, 6.07) is 9.60. The van der Waals surface area contributed by atoms with Crippen molar-refractivity contribution in [1.29, 1.82) is 0 Å². The van der Waals surface area contributed by atoms with Crippen LogP contribution in [0.25, 0.3) is 0 Å². The number of nitrogens with one attached hydrogen (secondary N) is 1. The molecule has 7 heteroatoms. The molecule has 2 aromatic carbocycles. The molecule has 0 spiro atoms. The van der Waals surface area contributed by atoms with E-state index in [9.17, 15) is 9.59 Å².